The Morgan fingerprint density at radius 1 is 1.29 bits per heavy atom. The van der Waals surface area contributed by atoms with Gasteiger partial charge < -0.3 is 11.1 Å². The number of amides is 1. The Kier molecular flexibility index (Phi) is 6.99. The molecule has 0 aliphatic carbocycles. The van der Waals surface area contributed by atoms with Crippen LogP contribution in [0.25, 0.3) is 0 Å². The first-order valence-corrected chi connectivity index (χ1v) is 7.93. The zero-order chi connectivity index (χ0) is 17.0. The van der Waals surface area contributed by atoms with E-state index in [2.05, 4.69) is 31.2 Å². The summed E-state index contributed by atoms with van der Waals surface area (Å²) in [5.41, 5.74) is 7.71. The van der Waals surface area contributed by atoms with E-state index in [1.54, 1.807) is 0 Å². The quantitative estimate of drug-likeness (QED) is 0.868. The molecule has 5 nitrogen and oxygen atoms in total. The van der Waals surface area contributed by atoms with Crippen LogP contribution >= 0.6 is 12.4 Å². The van der Waals surface area contributed by atoms with E-state index in [0.717, 1.165) is 11.3 Å². The van der Waals surface area contributed by atoms with E-state index in [0.29, 0.717) is 18.8 Å². The zero-order valence-corrected chi connectivity index (χ0v) is 15.6. The number of carbonyl (C=O) groups excluding carboxylic acids is 1. The molecule has 0 saturated carbocycles. The molecule has 6 heteroatoms. The summed E-state index contributed by atoms with van der Waals surface area (Å²) < 4.78 is 1.84. The average molecular weight is 351 g/mol. The molecular weight excluding hydrogens is 324 g/mol. The highest BCUT2D eigenvalue weighted by Gasteiger charge is 2.21. The number of carbonyl (C=O) groups is 1. The summed E-state index contributed by atoms with van der Waals surface area (Å²) in [4.78, 5) is 12.1. The van der Waals surface area contributed by atoms with Crippen LogP contribution in [0.4, 0.5) is 5.82 Å². The molecule has 1 aromatic carbocycles. The number of benzene rings is 1. The van der Waals surface area contributed by atoms with E-state index >= 15 is 0 Å². The fourth-order valence-electron chi connectivity index (χ4n) is 2.25. The Morgan fingerprint density at radius 2 is 1.92 bits per heavy atom. The monoisotopic (exact) mass is 350 g/mol. The van der Waals surface area contributed by atoms with Gasteiger partial charge >= 0.3 is 0 Å². The molecule has 1 aromatic heterocycles. The van der Waals surface area contributed by atoms with Gasteiger partial charge in [-0.05, 0) is 12.5 Å². The minimum Gasteiger partial charge on any atom is -0.327 e. The van der Waals surface area contributed by atoms with E-state index in [9.17, 15) is 4.79 Å². The third-order valence-electron chi connectivity index (χ3n) is 3.50. The lowest BCUT2D eigenvalue weighted by Crippen LogP contribution is -2.25. The van der Waals surface area contributed by atoms with Crippen LogP contribution in [0.5, 0.6) is 0 Å². The molecule has 3 N–H and O–H groups in total. The standard InChI is InChI=1S/C18H26N4O.ClH/c1-13(19)10-17(23)20-16-11-15(18(2,3)4)21-22(16)12-14-8-6-5-7-9-14;/h5-9,11,13H,10,12,19H2,1-4H3,(H,20,23);1H. The third-order valence-corrected chi connectivity index (χ3v) is 3.50. The summed E-state index contributed by atoms with van der Waals surface area (Å²) in [5, 5.41) is 7.62. The van der Waals surface area contributed by atoms with Crippen molar-refractivity contribution < 1.29 is 4.79 Å². The molecule has 1 atom stereocenters. The first-order chi connectivity index (χ1) is 10.8. The summed E-state index contributed by atoms with van der Waals surface area (Å²) in [6.45, 7) is 8.76. The second-order valence-corrected chi connectivity index (χ2v) is 7.04. The van der Waals surface area contributed by atoms with Crippen molar-refractivity contribution >= 4 is 24.1 Å². The minimum absolute atomic E-state index is 0. The lowest BCUT2D eigenvalue weighted by molar-refractivity contribution is -0.116. The summed E-state index contributed by atoms with van der Waals surface area (Å²) in [6, 6.07) is 11.9. The largest absolute Gasteiger partial charge is 0.327 e. The lowest BCUT2D eigenvalue weighted by Gasteiger charge is -2.14. The van der Waals surface area contributed by atoms with Crippen molar-refractivity contribution in [2.24, 2.45) is 5.73 Å². The number of halogens is 1. The van der Waals surface area contributed by atoms with Gasteiger partial charge in [-0.3, -0.25) is 4.79 Å². The number of hydrogen-bond acceptors (Lipinski definition) is 3. The summed E-state index contributed by atoms with van der Waals surface area (Å²) in [6.07, 6.45) is 0.293. The molecule has 1 amide bonds. The van der Waals surface area contributed by atoms with E-state index in [1.165, 1.54) is 0 Å². The van der Waals surface area contributed by atoms with Gasteiger partial charge in [-0.2, -0.15) is 5.10 Å². The Morgan fingerprint density at radius 3 is 2.46 bits per heavy atom. The fraction of sp³-hybridized carbons (Fsp3) is 0.444. The van der Waals surface area contributed by atoms with Crippen molar-refractivity contribution in [2.45, 2.75) is 52.1 Å². The Bertz CT molecular complexity index is 659. The second kappa shape index (κ2) is 8.31. The molecule has 0 bridgehead atoms. The predicted octanol–water partition coefficient (Wildman–Crippen LogP) is 3.33. The maximum absolute atomic E-state index is 12.1. The number of nitrogens with two attached hydrogens (primary N) is 1. The summed E-state index contributed by atoms with van der Waals surface area (Å²) in [7, 11) is 0. The average Bonchev–Trinajstić information content (AvgIpc) is 2.82. The maximum Gasteiger partial charge on any atom is 0.227 e. The molecule has 24 heavy (non-hydrogen) atoms. The van der Waals surface area contributed by atoms with E-state index in [1.807, 2.05) is 48.0 Å². The molecule has 2 rings (SSSR count). The number of anilines is 1. The Hall–Kier alpha value is -1.85. The molecule has 0 aliphatic heterocycles. The van der Waals surface area contributed by atoms with Gasteiger partial charge in [-0.15, -0.1) is 12.4 Å². The molecule has 132 valence electrons. The smallest absolute Gasteiger partial charge is 0.227 e. The van der Waals surface area contributed by atoms with Gasteiger partial charge in [0.1, 0.15) is 5.82 Å². The number of nitrogens with zero attached hydrogens (tertiary/aromatic N) is 2. The molecule has 0 aliphatic rings. The van der Waals surface area contributed by atoms with Gasteiger partial charge in [-0.1, -0.05) is 51.1 Å². The van der Waals surface area contributed by atoms with Gasteiger partial charge in [0.15, 0.2) is 0 Å². The van der Waals surface area contributed by atoms with Crippen LogP contribution in [-0.2, 0) is 16.8 Å². The van der Waals surface area contributed by atoms with Gasteiger partial charge in [0.25, 0.3) is 0 Å². The first kappa shape index (κ1) is 20.2. The molecular formula is C18H27ClN4O. The maximum atomic E-state index is 12.1. The SMILES string of the molecule is CC(N)CC(=O)Nc1cc(C(C)(C)C)nn1Cc1ccccc1.Cl. The Balaban J connectivity index is 0.00000288. The molecule has 0 saturated heterocycles. The van der Waals surface area contributed by atoms with Crippen molar-refractivity contribution in [1.82, 2.24) is 9.78 Å². The Labute approximate surface area is 150 Å². The number of rotatable bonds is 5. The lowest BCUT2D eigenvalue weighted by atomic mass is 9.92. The summed E-state index contributed by atoms with van der Waals surface area (Å²) in [5.74, 6) is 0.624. The van der Waals surface area contributed by atoms with Gasteiger partial charge in [-0.25, -0.2) is 4.68 Å². The van der Waals surface area contributed by atoms with Crippen LogP contribution in [0.3, 0.4) is 0 Å². The van der Waals surface area contributed by atoms with Crippen LogP contribution in [0.15, 0.2) is 36.4 Å². The van der Waals surface area contributed by atoms with Gasteiger partial charge in [0.05, 0.1) is 12.2 Å². The van der Waals surface area contributed by atoms with E-state index in [-0.39, 0.29) is 29.8 Å². The molecule has 1 heterocycles. The van der Waals surface area contributed by atoms with Crippen molar-refractivity contribution in [3.63, 3.8) is 0 Å². The van der Waals surface area contributed by atoms with Crippen LogP contribution in [0.2, 0.25) is 0 Å². The highest BCUT2D eigenvalue weighted by atomic mass is 35.5. The normalized spacial score (nSPS) is 12.4. The molecule has 0 spiro atoms. The number of aromatic nitrogens is 2. The zero-order valence-electron chi connectivity index (χ0n) is 14.7. The predicted molar refractivity (Wildman–Crippen MR) is 101 cm³/mol. The summed E-state index contributed by atoms with van der Waals surface area (Å²) >= 11 is 0. The first-order valence-electron chi connectivity index (χ1n) is 7.93. The third kappa shape index (κ3) is 5.65. The topological polar surface area (TPSA) is 72.9 Å². The molecule has 0 fully saturated rings. The second-order valence-electron chi connectivity index (χ2n) is 7.04. The fourth-order valence-corrected chi connectivity index (χ4v) is 2.25. The van der Waals surface area contributed by atoms with Crippen molar-refractivity contribution in [1.29, 1.82) is 0 Å². The minimum atomic E-state index is -0.164. The van der Waals surface area contributed by atoms with Gasteiger partial charge in [0.2, 0.25) is 5.91 Å². The van der Waals surface area contributed by atoms with Crippen LogP contribution in [0, 0.1) is 0 Å². The van der Waals surface area contributed by atoms with Crippen molar-refractivity contribution in [3.05, 3.63) is 47.7 Å². The molecule has 2 aromatic rings. The van der Waals surface area contributed by atoms with Crippen molar-refractivity contribution in [2.75, 3.05) is 5.32 Å². The number of nitrogens with one attached hydrogen (secondary N) is 1. The van der Waals surface area contributed by atoms with E-state index in [4.69, 9.17) is 5.73 Å². The highest BCUT2D eigenvalue weighted by molar-refractivity contribution is 5.90. The molecule has 1 unspecified atom stereocenters. The highest BCUT2D eigenvalue weighted by Crippen LogP contribution is 2.24. The van der Waals surface area contributed by atoms with Crippen LogP contribution in [0.1, 0.15) is 45.4 Å². The van der Waals surface area contributed by atoms with Gasteiger partial charge in [0, 0.05) is 23.9 Å². The molecule has 0 radical (unpaired) electrons. The van der Waals surface area contributed by atoms with Crippen LogP contribution in [-0.4, -0.2) is 21.7 Å². The van der Waals surface area contributed by atoms with Crippen LogP contribution < -0.4 is 11.1 Å². The van der Waals surface area contributed by atoms with E-state index < -0.39 is 0 Å². The van der Waals surface area contributed by atoms with Crippen molar-refractivity contribution in [3.8, 4) is 0 Å². The number of hydrogen-bond donors (Lipinski definition) is 2.